The molecule has 7 heteroatoms. The molecule has 0 fully saturated rings. The molecule has 0 saturated carbocycles. The van der Waals surface area contributed by atoms with E-state index in [2.05, 4.69) is 19.0 Å². The fourth-order valence-electron chi connectivity index (χ4n) is 3.05. The second-order valence-electron chi connectivity index (χ2n) is 7.34. The average molecular weight is 364 g/mol. The number of aliphatic hydroxyl groups is 1. The zero-order valence-corrected chi connectivity index (χ0v) is 15.7. The summed E-state index contributed by atoms with van der Waals surface area (Å²) in [6.45, 7) is 6.70. The fraction of sp³-hybridized carbons (Fsp3) is 0.632. The maximum absolute atomic E-state index is 10.1. The number of oxime groups is 1. The van der Waals surface area contributed by atoms with Crippen molar-refractivity contribution in [1.82, 2.24) is 4.90 Å². The van der Waals surface area contributed by atoms with Crippen molar-refractivity contribution in [3.63, 3.8) is 0 Å². The average Bonchev–Trinajstić information content (AvgIpc) is 3.22. The first-order valence-corrected chi connectivity index (χ1v) is 9.08. The van der Waals surface area contributed by atoms with E-state index in [-0.39, 0.29) is 12.9 Å². The Morgan fingerprint density at radius 1 is 1.27 bits per heavy atom. The van der Waals surface area contributed by atoms with Gasteiger partial charge in [-0.05, 0) is 31.2 Å². The summed E-state index contributed by atoms with van der Waals surface area (Å²) < 4.78 is 16.2. The van der Waals surface area contributed by atoms with Crippen LogP contribution >= 0.6 is 0 Å². The number of ether oxygens (including phenoxy) is 3. The van der Waals surface area contributed by atoms with E-state index in [9.17, 15) is 5.11 Å². The summed E-state index contributed by atoms with van der Waals surface area (Å²) in [5, 5.41) is 14.3. The van der Waals surface area contributed by atoms with Gasteiger partial charge in [0.05, 0.1) is 18.4 Å². The van der Waals surface area contributed by atoms with Crippen molar-refractivity contribution < 1.29 is 24.2 Å². The monoisotopic (exact) mass is 364 g/mol. The largest absolute Gasteiger partial charge is 0.454 e. The zero-order chi connectivity index (χ0) is 18.5. The molecule has 0 amide bonds. The molecule has 1 aromatic carbocycles. The van der Waals surface area contributed by atoms with E-state index in [0.717, 1.165) is 29.2 Å². The van der Waals surface area contributed by atoms with Crippen LogP contribution in [0.1, 0.15) is 25.8 Å². The van der Waals surface area contributed by atoms with Crippen molar-refractivity contribution in [3.8, 4) is 11.5 Å². The molecule has 2 atom stereocenters. The van der Waals surface area contributed by atoms with Gasteiger partial charge in [-0.15, -0.1) is 0 Å². The Labute approximate surface area is 154 Å². The number of aliphatic hydroxyl groups excluding tert-OH is 1. The van der Waals surface area contributed by atoms with Gasteiger partial charge < -0.3 is 24.2 Å². The highest BCUT2D eigenvalue weighted by Gasteiger charge is 2.25. The molecule has 0 radical (unpaired) electrons. The van der Waals surface area contributed by atoms with E-state index in [1.807, 2.05) is 30.1 Å². The molecule has 0 bridgehead atoms. The molecule has 26 heavy (non-hydrogen) atoms. The summed E-state index contributed by atoms with van der Waals surface area (Å²) >= 11 is 0. The molecule has 0 saturated heterocycles. The van der Waals surface area contributed by atoms with Gasteiger partial charge in [-0.2, -0.15) is 0 Å². The van der Waals surface area contributed by atoms with Crippen LogP contribution in [0.15, 0.2) is 23.4 Å². The molecule has 3 rings (SSSR count). The van der Waals surface area contributed by atoms with Gasteiger partial charge in [0.25, 0.3) is 0 Å². The van der Waals surface area contributed by atoms with Crippen LogP contribution in [-0.2, 0) is 9.57 Å². The molecule has 2 unspecified atom stereocenters. The number of nitrogens with zero attached hydrogens (tertiary/aromatic N) is 2. The first-order valence-electron chi connectivity index (χ1n) is 9.08. The Morgan fingerprint density at radius 2 is 2.08 bits per heavy atom. The minimum atomic E-state index is -0.505. The van der Waals surface area contributed by atoms with Crippen LogP contribution in [0.4, 0.5) is 0 Å². The predicted molar refractivity (Wildman–Crippen MR) is 97.8 cm³/mol. The number of fused-ring (bicyclic) bond motifs is 1. The standard InChI is InChI=1S/C19H28N2O5/c1-13(2)10-23-11-15(22)8-21(3)9-16-7-17(20-26-16)14-4-5-18-19(6-14)25-12-24-18/h4-6,13,15-16,22H,7-12H2,1-3H3. The van der Waals surface area contributed by atoms with Crippen LogP contribution in [0.5, 0.6) is 11.5 Å². The van der Waals surface area contributed by atoms with Gasteiger partial charge in [0.1, 0.15) is 6.10 Å². The highest BCUT2D eigenvalue weighted by atomic mass is 16.7. The smallest absolute Gasteiger partial charge is 0.231 e. The Kier molecular flexibility index (Phi) is 6.34. The van der Waals surface area contributed by atoms with Crippen LogP contribution in [0, 0.1) is 5.92 Å². The van der Waals surface area contributed by atoms with Gasteiger partial charge >= 0.3 is 0 Å². The minimum absolute atomic E-state index is 0.0239. The number of rotatable bonds is 9. The summed E-state index contributed by atoms with van der Waals surface area (Å²) in [5.74, 6) is 1.98. The lowest BCUT2D eigenvalue weighted by atomic mass is 10.0. The lowest BCUT2D eigenvalue weighted by Crippen LogP contribution is -2.37. The van der Waals surface area contributed by atoms with E-state index in [1.165, 1.54) is 0 Å². The Balaban J connectivity index is 1.42. The van der Waals surface area contributed by atoms with E-state index < -0.39 is 6.10 Å². The molecule has 0 aromatic heterocycles. The van der Waals surface area contributed by atoms with Crippen LogP contribution < -0.4 is 9.47 Å². The third-order valence-corrected chi connectivity index (χ3v) is 4.24. The maximum atomic E-state index is 10.1. The lowest BCUT2D eigenvalue weighted by molar-refractivity contribution is 0.000361. The van der Waals surface area contributed by atoms with Gasteiger partial charge in [0.2, 0.25) is 6.79 Å². The van der Waals surface area contributed by atoms with Gasteiger partial charge in [0.15, 0.2) is 11.5 Å². The van der Waals surface area contributed by atoms with Gasteiger partial charge in [-0.3, -0.25) is 4.90 Å². The minimum Gasteiger partial charge on any atom is -0.454 e. The molecule has 1 aromatic rings. The summed E-state index contributed by atoms with van der Waals surface area (Å²) in [6, 6.07) is 5.80. The Bertz CT molecular complexity index is 634. The quantitative estimate of drug-likeness (QED) is 0.721. The summed E-state index contributed by atoms with van der Waals surface area (Å²) in [5.41, 5.74) is 1.89. The van der Waals surface area contributed by atoms with Crippen molar-refractivity contribution in [1.29, 1.82) is 0 Å². The number of hydrogen-bond acceptors (Lipinski definition) is 7. The Morgan fingerprint density at radius 3 is 2.88 bits per heavy atom. The molecule has 144 valence electrons. The fourth-order valence-corrected chi connectivity index (χ4v) is 3.05. The summed E-state index contributed by atoms with van der Waals surface area (Å²) in [4.78, 5) is 7.61. The van der Waals surface area contributed by atoms with Crippen molar-refractivity contribution >= 4 is 5.71 Å². The molecule has 0 aliphatic carbocycles. The first kappa shape index (κ1) is 18.9. The maximum Gasteiger partial charge on any atom is 0.231 e. The second-order valence-corrected chi connectivity index (χ2v) is 7.34. The second kappa shape index (κ2) is 8.70. The lowest BCUT2D eigenvalue weighted by Gasteiger charge is -2.22. The molecular weight excluding hydrogens is 336 g/mol. The molecule has 0 spiro atoms. The van der Waals surface area contributed by atoms with E-state index in [0.29, 0.717) is 32.2 Å². The normalized spacial score (nSPS) is 19.8. The van der Waals surface area contributed by atoms with Crippen molar-refractivity contribution in [3.05, 3.63) is 23.8 Å². The molecule has 7 nitrogen and oxygen atoms in total. The third-order valence-electron chi connectivity index (χ3n) is 4.24. The molecule has 2 aliphatic rings. The molecular formula is C19H28N2O5. The molecule has 1 N–H and O–H groups in total. The van der Waals surface area contributed by atoms with Gasteiger partial charge in [-0.1, -0.05) is 19.0 Å². The van der Waals surface area contributed by atoms with Crippen LogP contribution in [0.25, 0.3) is 0 Å². The van der Waals surface area contributed by atoms with Crippen molar-refractivity contribution in [2.75, 3.05) is 40.1 Å². The van der Waals surface area contributed by atoms with Crippen molar-refractivity contribution in [2.24, 2.45) is 11.1 Å². The van der Waals surface area contributed by atoms with Crippen LogP contribution in [-0.4, -0.2) is 68.1 Å². The predicted octanol–water partition coefficient (Wildman–Crippen LogP) is 1.87. The summed E-state index contributed by atoms with van der Waals surface area (Å²) in [7, 11) is 1.97. The zero-order valence-electron chi connectivity index (χ0n) is 15.7. The highest BCUT2D eigenvalue weighted by Crippen LogP contribution is 2.33. The topological polar surface area (TPSA) is 72.8 Å². The van der Waals surface area contributed by atoms with Crippen LogP contribution in [0.3, 0.4) is 0 Å². The van der Waals surface area contributed by atoms with E-state index in [1.54, 1.807) is 0 Å². The number of benzene rings is 1. The number of likely N-dealkylation sites (N-methyl/N-ethyl adjacent to an activating group) is 1. The first-order chi connectivity index (χ1) is 12.5. The van der Waals surface area contributed by atoms with Gasteiger partial charge in [-0.25, -0.2) is 0 Å². The van der Waals surface area contributed by atoms with Crippen LogP contribution in [0.2, 0.25) is 0 Å². The highest BCUT2D eigenvalue weighted by molar-refractivity contribution is 6.01. The Hall–Kier alpha value is -1.83. The van der Waals surface area contributed by atoms with Gasteiger partial charge in [0, 0.05) is 31.7 Å². The van der Waals surface area contributed by atoms with E-state index in [4.69, 9.17) is 19.0 Å². The van der Waals surface area contributed by atoms with Crippen molar-refractivity contribution in [2.45, 2.75) is 32.5 Å². The summed E-state index contributed by atoms with van der Waals surface area (Å²) in [6.07, 6.45) is 0.197. The SMILES string of the molecule is CC(C)COCC(O)CN(C)CC1CC(c2ccc3c(c2)OCO3)=NO1. The molecule has 2 heterocycles. The third kappa shape index (κ3) is 5.09. The van der Waals surface area contributed by atoms with E-state index >= 15 is 0 Å². The molecule has 2 aliphatic heterocycles. The number of hydrogen-bond donors (Lipinski definition) is 1.